The number of carbonyl (C=O) groups excluding carboxylic acids is 2. The van der Waals surface area contributed by atoms with E-state index in [0.29, 0.717) is 11.4 Å². The molecule has 0 bridgehead atoms. The third kappa shape index (κ3) is 6.50. The normalized spacial score (nSPS) is 11.7. The SMILES string of the molecule is CC(N)CC(=O)N(CCc1ccc(Cl)cc1)C(=O)OCc1ccccc1. The summed E-state index contributed by atoms with van der Waals surface area (Å²) in [7, 11) is 0. The van der Waals surface area contributed by atoms with Crippen molar-refractivity contribution in [1.82, 2.24) is 4.90 Å². The molecule has 2 aromatic rings. The zero-order chi connectivity index (χ0) is 18.9. The minimum Gasteiger partial charge on any atom is -0.444 e. The van der Waals surface area contributed by atoms with E-state index in [1.165, 1.54) is 0 Å². The maximum atomic E-state index is 12.4. The minimum absolute atomic E-state index is 0.0844. The van der Waals surface area contributed by atoms with Crippen molar-refractivity contribution in [3.05, 3.63) is 70.7 Å². The second kappa shape index (κ2) is 9.94. The van der Waals surface area contributed by atoms with E-state index in [2.05, 4.69) is 0 Å². The largest absolute Gasteiger partial charge is 0.444 e. The third-order valence-corrected chi connectivity index (χ3v) is 4.01. The molecule has 0 aliphatic heterocycles. The highest BCUT2D eigenvalue weighted by Gasteiger charge is 2.23. The number of hydrogen-bond donors (Lipinski definition) is 1. The molecule has 0 heterocycles. The molecule has 0 saturated carbocycles. The number of nitrogens with two attached hydrogens (primary N) is 1. The van der Waals surface area contributed by atoms with Crippen LogP contribution in [0.4, 0.5) is 4.79 Å². The standard InChI is InChI=1S/C20H23ClN2O3/c1-15(22)13-19(24)23(12-11-16-7-9-18(21)10-8-16)20(25)26-14-17-5-3-2-4-6-17/h2-10,15H,11-14,22H2,1H3. The minimum atomic E-state index is -0.659. The number of nitrogens with zero attached hydrogens (tertiary/aromatic N) is 1. The fourth-order valence-corrected chi connectivity index (χ4v) is 2.52. The third-order valence-electron chi connectivity index (χ3n) is 3.76. The van der Waals surface area contributed by atoms with Crippen LogP contribution in [-0.4, -0.2) is 29.5 Å². The predicted molar refractivity (Wildman–Crippen MR) is 102 cm³/mol. The molecule has 138 valence electrons. The van der Waals surface area contributed by atoms with Crippen LogP contribution in [0.25, 0.3) is 0 Å². The molecule has 0 aliphatic carbocycles. The van der Waals surface area contributed by atoms with Gasteiger partial charge in [-0.05, 0) is 36.6 Å². The fourth-order valence-electron chi connectivity index (χ4n) is 2.39. The van der Waals surface area contributed by atoms with Crippen molar-refractivity contribution in [3.63, 3.8) is 0 Å². The van der Waals surface area contributed by atoms with Crippen molar-refractivity contribution in [3.8, 4) is 0 Å². The Bertz CT molecular complexity index is 718. The number of benzene rings is 2. The number of hydrogen-bond acceptors (Lipinski definition) is 4. The van der Waals surface area contributed by atoms with Crippen LogP contribution < -0.4 is 5.73 Å². The Labute approximate surface area is 158 Å². The van der Waals surface area contributed by atoms with E-state index < -0.39 is 6.09 Å². The topological polar surface area (TPSA) is 72.6 Å². The number of ether oxygens (including phenoxy) is 1. The molecular weight excluding hydrogens is 352 g/mol. The molecule has 2 rings (SSSR count). The first-order valence-corrected chi connectivity index (χ1v) is 8.84. The average molecular weight is 375 g/mol. The van der Waals surface area contributed by atoms with Gasteiger partial charge in [0.15, 0.2) is 0 Å². The highest BCUT2D eigenvalue weighted by molar-refractivity contribution is 6.30. The van der Waals surface area contributed by atoms with Gasteiger partial charge in [-0.15, -0.1) is 0 Å². The Morgan fingerprint density at radius 2 is 1.73 bits per heavy atom. The van der Waals surface area contributed by atoms with Crippen LogP contribution in [0.1, 0.15) is 24.5 Å². The van der Waals surface area contributed by atoms with Gasteiger partial charge < -0.3 is 10.5 Å². The highest BCUT2D eigenvalue weighted by atomic mass is 35.5. The molecule has 2 N–H and O–H groups in total. The zero-order valence-corrected chi connectivity index (χ0v) is 15.5. The summed E-state index contributed by atoms with van der Waals surface area (Å²) < 4.78 is 5.30. The summed E-state index contributed by atoms with van der Waals surface area (Å²) in [5.74, 6) is -0.341. The first-order chi connectivity index (χ1) is 12.5. The molecule has 0 saturated heterocycles. The Morgan fingerprint density at radius 3 is 2.35 bits per heavy atom. The van der Waals surface area contributed by atoms with Crippen LogP contribution in [0.15, 0.2) is 54.6 Å². The lowest BCUT2D eigenvalue weighted by Crippen LogP contribution is -2.41. The Morgan fingerprint density at radius 1 is 1.08 bits per heavy atom. The smallest absolute Gasteiger partial charge is 0.416 e. The summed E-state index contributed by atoms with van der Waals surface area (Å²) in [4.78, 5) is 26.0. The van der Waals surface area contributed by atoms with E-state index in [0.717, 1.165) is 16.0 Å². The van der Waals surface area contributed by atoms with Crippen molar-refractivity contribution in [2.24, 2.45) is 5.73 Å². The van der Waals surface area contributed by atoms with Gasteiger partial charge in [-0.1, -0.05) is 54.1 Å². The summed E-state index contributed by atoms with van der Waals surface area (Å²) in [6, 6.07) is 16.3. The first kappa shape index (κ1) is 19.9. The van der Waals surface area contributed by atoms with Gasteiger partial charge >= 0.3 is 6.09 Å². The molecule has 2 amide bonds. The van der Waals surface area contributed by atoms with Gasteiger partial charge in [0.1, 0.15) is 6.61 Å². The molecule has 26 heavy (non-hydrogen) atoms. The van der Waals surface area contributed by atoms with Crippen LogP contribution in [0.5, 0.6) is 0 Å². The fraction of sp³-hybridized carbons (Fsp3) is 0.300. The van der Waals surface area contributed by atoms with E-state index in [-0.39, 0.29) is 31.5 Å². The summed E-state index contributed by atoms with van der Waals surface area (Å²) >= 11 is 5.88. The summed E-state index contributed by atoms with van der Waals surface area (Å²) in [6.45, 7) is 2.06. The van der Waals surface area contributed by atoms with Gasteiger partial charge in [0.05, 0.1) is 0 Å². The summed E-state index contributed by atoms with van der Waals surface area (Å²) in [5.41, 5.74) is 7.54. The molecule has 0 fully saturated rings. The molecule has 0 spiro atoms. The highest BCUT2D eigenvalue weighted by Crippen LogP contribution is 2.12. The van der Waals surface area contributed by atoms with E-state index in [9.17, 15) is 9.59 Å². The number of amides is 2. The number of carbonyl (C=O) groups is 2. The van der Waals surface area contributed by atoms with Crippen LogP contribution >= 0.6 is 11.6 Å². The Hall–Kier alpha value is -2.37. The Kier molecular flexibility index (Phi) is 7.63. The maximum Gasteiger partial charge on any atom is 0.416 e. The van der Waals surface area contributed by atoms with Crippen molar-refractivity contribution >= 4 is 23.6 Å². The van der Waals surface area contributed by atoms with E-state index in [4.69, 9.17) is 22.1 Å². The van der Waals surface area contributed by atoms with Crippen LogP contribution in [0.2, 0.25) is 5.02 Å². The molecule has 0 aliphatic rings. The van der Waals surface area contributed by atoms with Crippen LogP contribution in [0.3, 0.4) is 0 Å². The number of rotatable bonds is 7. The average Bonchev–Trinajstić information content (AvgIpc) is 2.62. The molecule has 6 heteroatoms. The maximum absolute atomic E-state index is 12.4. The predicted octanol–water partition coefficient (Wildman–Crippen LogP) is 3.79. The van der Waals surface area contributed by atoms with Gasteiger partial charge in [0.25, 0.3) is 0 Å². The van der Waals surface area contributed by atoms with Gasteiger partial charge in [0, 0.05) is 24.0 Å². The van der Waals surface area contributed by atoms with Gasteiger partial charge in [-0.25, -0.2) is 9.69 Å². The van der Waals surface area contributed by atoms with Crippen molar-refractivity contribution in [1.29, 1.82) is 0 Å². The number of halogens is 1. The molecule has 1 atom stereocenters. The summed E-state index contributed by atoms with van der Waals surface area (Å²) in [6.07, 6.45) is -0.0583. The lowest BCUT2D eigenvalue weighted by atomic mass is 10.1. The molecule has 0 radical (unpaired) electrons. The van der Waals surface area contributed by atoms with Crippen LogP contribution in [-0.2, 0) is 22.6 Å². The second-order valence-electron chi connectivity index (χ2n) is 6.14. The van der Waals surface area contributed by atoms with Gasteiger partial charge in [-0.3, -0.25) is 4.79 Å². The Balaban J connectivity index is 2.00. The van der Waals surface area contributed by atoms with Crippen LogP contribution in [0, 0.1) is 0 Å². The molecular formula is C20H23ClN2O3. The lowest BCUT2D eigenvalue weighted by Gasteiger charge is -2.21. The van der Waals surface area contributed by atoms with Crippen molar-refractivity contribution in [2.75, 3.05) is 6.54 Å². The van der Waals surface area contributed by atoms with E-state index >= 15 is 0 Å². The quantitative estimate of drug-likeness (QED) is 0.800. The second-order valence-corrected chi connectivity index (χ2v) is 6.58. The monoisotopic (exact) mass is 374 g/mol. The molecule has 0 aromatic heterocycles. The van der Waals surface area contributed by atoms with E-state index in [1.807, 2.05) is 42.5 Å². The van der Waals surface area contributed by atoms with Crippen molar-refractivity contribution in [2.45, 2.75) is 32.4 Å². The zero-order valence-electron chi connectivity index (χ0n) is 14.7. The summed E-state index contributed by atoms with van der Waals surface area (Å²) in [5, 5.41) is 0.640. The molecule has 1 unspecified atom stereocenters. The van der Waals surface area contributed by atoms with Gasteiger partial charge in [-0.2, -0.15) is 0 Å². The van der Waals surface area contributed by atoms with E-state index in [1.54, 1.807) is 19.1 Å². The first-order valence-electron chi connectivity index (χ1n) is 8.47. The molecule has 5 nitrogen and oxygen atoms in total. The van der Waals surface area contributed by atoms with Gasteiger partial charge in [0.2, 0.25) is 5.91 Å². The number of imide groups is 1. The van der Waals surface area contributed by atoms with Crippen molar-refractivity contribution < 1.29 is 14.3 Å². The molecule has 2 aromatic carbocycles. The lowest BCUT2D eigenvalue weighted by molar-refractivity contribution is -0.129.